The standard InChI is InChI=1S/C12H19NO/c1-13(2)11-8-3-7-4-9(6-8)12(14)10(11)5-7/h7-11H,3-6H2,1-2H3/t7?,8?,9?,10?,11-/m1/s1. The summed E-state index contributed by atoms with van der Waals surface area (Å²) in [6, 6.07) is 0.565. The zero-order valence-electron chi connectivity index (χ0n) is 9.07. The van der Waals surface area contributed by atoms with Gasteiger partial charge in [0.2, 0.25) is 0 Å². The highest BCUT2D eigenvalue weighted by molar-refractivity contribution is 5.86. The fourth-order valence-electron chi connectivity index (χ4n) is 4.38. The summed E-state index contributed by atoms with van der Waals surface area (Å²) in [4.78, 5) is 14.4. The maximum Gasteiger partial charge on any atom is 0.140 e. The van der Waals surface area contributed by atoms with Gasteiger partial charge in [-0.1, -0.05) is 0 Å². The van der Waals surface area contributed by atoms with Crippen LogP contribution in [0.2, 0.25) is 0 Å². The van der Waals surface area contributed by atoms with Gasteiger partial charge >= 0.3 is 0 Å². The molecule has 4 aliphatic rings. The normalized spacial score (nSPS) is 50.5. The lowest BCUT2D eigenvalue weighted by molar-refractivity contribution is -0.147. The molecule has 0 aromatic carbocycles. The second-order valence-corrected chi connectivity index (χ2v) is 5.73. The number of hydrogen-bond acceptors (Lipinski definition) is 2. The molecule has 0 amide bonds. The summed E-state index contributed by atoms with van der Waals surface area (Å²) in [5.74, 6) is 3.15. The largest absolute Gasteiger partial charge is 0.305 e. The van der Waals surface area contributed by atoms with Crippen molar-refractivity contribution in [1.82, 2.24) is 4.90 Å². The van der Waals surface area contributed by atoms with Gasteiger partial charge in [0.15, 0.2) is 0 Å². The highest BCUT2D eigenvalue weighted by atomic mass is 16.1. The van der Waals surface area contributed by atoms with Crippen molar-refractivity contribution in [2.75, 3.05) is 14.1 Å². The SMILES string of the molecule is CN(C)[C@@H]1C2CC3CC(C2)C(=O)C1C3. The summed E-state index contributed by atoms with van der Waals surface area (Å²) in [5, 5.41) is 0. The number of hydrogen-bond donors (Lipinski definition) is 0. The average Bonchev–Trinajstić information content (AvgIpc) is 2.12. The molecule has 14 heavy (non-hydrogen) atoms. The molecule has 0 heterocycles. The molecule has 0 aliphatic heterocycles. The first-order chi connectivity index (χ1) is 6.66. The molecule has 4 fully saturated rings. The Balaban J connectivity index is 1.93. The van der Waals surface area contributed by atoms with Crippen molar-refractivity contribution in [3.05, 3.63) is 0 Å². The summed E-state index contributed by atoms with van der Waals surface area (Å²) >= 11 is 0. The van der Waals surface area contributed by atoms with Crippen molar-refractivity contribution in [2.24, 2.45) is 23.7 Å². The maximum absolute atomic E-state index is 12.1. The smallest absolute Gasteiger partial charge is 0.140 e. The van der Waals surface area contributed by atoms with E-state index in [0.29, 0.717) is 23.7 Å². The zero-order chi connectivity index (χ0) is 9.87. The van der Waals surface area contributed by atoms with Crippen LogP contribution >= 0.6 is 0 Å². The fourth-order valence-corrected chi connectivity index (χ4v) is 4.38. The van der Waals surface area contributed by atoms with Crippen LogP contribution in [0.5, 0.6) is 0 Å². The molecule has 2 nitrogen and oxygen atoms in total. The number of Topliss-reactive ketones (excluding diaryl/α,β-unsaturated/α-hetero) is 1. The lowest BCUT2D eigenvalue weighted by Crippen LogP contribution is -2.58. The molecule has 4 aliphatic carbocycles. The Bertz CT molecular complexity index is 273. The third-order valence-corrected chi connectivity index (χ3v) is 4.69. The van der Waals surface area contributed by atoms with Crippen LogP contribution in [0.3, 0.4) is 0 Å². The van der Waals surface area contributed by atoms with Crippen molar-refractivity contribution in [3.8, 4) is 0 Å². The van der Waals surface area contributed by atoms with E-state index in [1.165, 1.54) is 25.7 Å². The van der Waals surface area contributed by atoms with Crippen LogP contribution in [-0.4, -0.2) is 30.8 Å². The molecule has 78 valence electrons. The summed E-state index contributed by atoms with van der Waals surface area (Å²) in [7, 11) is 4.28. The van der Waals surface area contributed by atoms with E-state index in [4.69, 9.17) is 0 Å². The molecular formula is C12H19NO. The topological polar surface area (TPSA) is 20.3 Å². The van der Waals surface area contributed by atoms with E-state index in [-0.39, 0.29) is 0 Å². The second-order valence-electron chi connectivity index (χ2n) is 5.73. The van der Waals surface area contributed by atoms with Crippen LogP contribution < -0.4 is 0 Å². The molecule has 5 atom stereocenters. The lowest BCUT2D eigenvalue weighted by Gasteiger charge is -2.55. The molecule has 4 bridgehead atoms. The molecule has 4 unspecified atom stereocenters. The Morgan fingerprint density at radius 2 is 1.93 bits per heavy atom. The number of nitrogens with zero attached hydrogens (tertiary/aromatic N) is 1. The van der Waals surface area contributed by atoms with Crippen molar-refractivity contribution in [2.45, 2.75) is 31.7 Å². The number of rotatable bonds is 1. The first-order valence-corrected chi connectivity index (χ1v) is 5.87. The molecule has 0 saturated heterocycles. The van der Waals surface area contributed by atoms with Gasteiger partial charge in [-0.05, 0) is 51.6 Å². The van der Waals surface area contributed by atoms with E-state index in [1.54, 1.807) is 0 Å². The zero-order valence-corrected chi connectivity index (χ0v) is 9.07. The van der Waals surface area contributed by atoms with Crippen LogP contribution in [0.25, 0.3) is 0 Å². The monoisotopic (exact) mass is 193 g/mol. The minimum absolute atomic E-state index is 0.390. The molecule has 0 spiro atoms. The molecular weight excluding hydrogens is 174 g/mol. The van der Waals surface area contributed by atoms with Gasteiger partial charge in [0, 0.05) is 17.9 Å². The third-order valence-electron chi connectivity index (χ3n) is 4.69. The average molecular weight is 193 g/mol. The first-order valence-electron chi connectivity index (χ1n) is 5.87. The van der Waals surface area contributed by atoms with E-state index < -0.39 is 0 Å². The van der Waals surface area contributed by atoms with Gasteiger partial charge in [0.1, 0.15) is 5.78 Å². The Morgan fingerprint density at radius 3 is 2.64 bits per heavy atom. The summed E-state index contributed by atoms with van der Waals surface area (Å²) in [5.41, 5.74) is 0. The Kier molecular flexibility index (Phi) is 1.79. The molecule has 4 saturated carbocycles. The number of carbonyl (C=O) groups excluding carboxylic acids is 1. The van der Waals surface area contributed by atoms with Gasteiger partial charge in [-0.2, -0.15) is 0 Å². The number of carbonyl (C=O) groups is 1. The minimum atomic E-state index is 0.390. The minimum Gasteiger partial charge on any atom is -0.305 e. The van der Waals surface area contributed by atoms with Crippen LogP contribution in [0.15, 0.2) is 0 Å². The van der Waals surface area contributed by atoms with Crippen molar-refractivity contribution >= 4 is 5.78 Å². The van der Waals surface area contributed by atoms with Crippen LogP contribution in [-0.2, 0) is 4.79 Å². The van der Waals surface area contributed by atoms with Crippen molar-refractivity contribution in [1.29, 1.82) is 0 Å². The molecule has 2 heteroatoms. The van der Waals surface area contributed by atoms with E-state index in [0.717, 1.165) is 11.8 Å². The fraction of sp³-hybridized carbons (Fsp3) is 0.917. The van der Waals surface area contributed by atoms with Gasteiger partial charge in [-0.15, -0.1) is 0 Å². The summed E-state index contributed by atoms with van der Waals surface area (Å²) in [6.07, 6.45) is 4.98. The van der Waals surface area contributed by atoms with Gasteiger partial charge in [-0.25, -0.2) is 0 Å². The van der Waals surface area contributed by atoms with Gasteiger partial charge in [0.25, 0.3) is 0 Å². The van der Waals surface area contributed by atoms with E-state index >= 15 is 0 Å². The maximum atomic E-state index is 12.1. The van der Waals surface area contributed by atoms with Crippen molar-refractivity contribution < 1.29 is 4.79 Å². The summed E-state index contributed by atoms with van der Waals surface area (Å²) < 4.78 is 0. The van der Waals surface area contributed by atoms with Crippen molar-refractivity contribution in [3.63, 3.8) is 0 Å². The molecule has 0 aromatic rings. The van der Waals surface area contributed by atoms with Gasteiger partial charge in [-0.3, -0.25) is 4.79 Å². The first kappa shape index (κ1) is 8.90. The van der Waals surface area contributed by atoms with Crippen LogP contribution in [0, 0.1) is 23.7 Å². The molecule has 0 radical (unpaired) electrons. The van der Waals surface area contributed by atoms with Gasteiger partial charge < -0.3 is 4.90 Å². The third kappa shape index (κ3) is 1.04. The number of ketones is 1. The van der Waals surface area contributed by atoms with E-state index in [9.17, 15) is 4.79 Å². The predicted octanol–water partition coefficient (Wildman–Crippen LogP) is 1.55. The van der Waals surface area contributed by atoms with Crippen LogP contribution in [0.1, 0.15) is 25.7 Å². The Morgan fingerprint density at radius 1 is 1.14 bits per heavy atom. The molecule has 4 rings (SSSR count). The molecule has 0 aromatic heterocycles. The highest BCUT2D eigenvalue weighted by Crippen LogP contribution is 2.52. The van der Waals surface area contributed by atoms with Gasteiger partial charge in [0.05, 0.1) is 0 Å². The highest BCUT2D eigenvalue weighted by Gasteiger charge is 2.53. The second kappa shape index (κ2) is 2.82. The van der Waals surface area contributed by atoms with Crippen LogP contribution in [0.4, 0.5) is 0 Å². The predicted molar refractivity (Wildman–Crippen MR) is 54.9 cm³/mol. The molecule has 0 N–H and O–H groups in total. The lowest BCUT2D eigenvalue weighted by atomic mass is 9.53. The summed E-state index contributed by atoms with van der Waals surface area (Å²) in [6.45, 7) is 0. The Labute approximate surface area is 85.7 Å². The Hall–Kier alpha value is -0.370. The quantitative estimate of drug-likeness (QED) is 0.630. The van der Waals surface area contributed by atoms with E-state index in [2.05, 4.69) is 19.0 Å². The van der Waals surface area contributed by atoms with E-state index in [1.807, 2.05) is 0 Å².